The van der Waals surface area contributed by atoms with Crippen LogP contribution in [0.2, 0.25) is 5.15 Å². The number of nitrogens with one attached hydrogen (secondary N) is 1. The molecule has 0 saturated carbocycles. The van der Waals surface area contributed by atoms with E-state index in [1.54, 1.807) is 6.92 Å². The summed E-state index contributed by atoms with van der Waals surface area (Å²) in [5.41, 5.74) is -0.869. The number of alkyl halides is 3. The van der Waals surface area contributed by atoms with Crippen LogP contribution in [0.25, 0.3) is 0 Å². The van der Waals surface area contributed by atoms with Crippen LogP contribution in [-0.4, -0.2) is 22.7 Å². The molecule has 1 aromatic heterocycles. The van der Waals surface area contributed by atoms with Gasteiger partial charge in [-0.15, -0.1) is 0 Å². The number of nitrogens with zero attached hydrogens (tertiary/aromatic N) is 1. The van der Waals surface area contributed by atoms with Gasteiger partial charge in [0.2, 0.25) is 0 Å². The Labute approximate surface area is 102 Å². The number of rotatable bonds is 4. The molecule has 1 rings (SSSR count). The van der Waals surface area contributed by atoms with Crippen LogP contribution >= 0.6 is 11.6 Å². The minimum Gasteiger partial charge on any atom is -0.391 e. The molecule has 0 aliphatic rings. The SMILES string of the molecule is CCC(O)CNc1cc(C(F)(F)F)cc(Cl)n1. The Morgan fingerprint density at radius 2 is 2.12 bits per heavy atom. The molecule has 0 saturated heterocycles. The molecule has 2 N–H and O–H groups in total. The van der Waals surface area contributed by atoms with Crippen LogP contribution in [0.15, 0.2) is 12.1 Å². The van der Waals surface area contributed by atoms with Gasteiger partial charge in [0.1, 0.15) is 11.0 Å². The van der Waals surface area contributed by atoms with E-state index >= 15 is 0 Å². The first kappa shape index (κ1) is 14.1. The maximum absolute atomic E-state index is 12.4. The summed E-state index contributed by atoms with van der Waals surface area (Å²) >= 11 is 5.49. The van der Waals surface area contributed by atoms with Gasteiger partial charge in [0.15, 0.2) is 0 Å². The summed E-state index contributed by atoms with van der Waals surface area (Å²) in [6, 6.07) is 1.61. The van der Waals surface area contributed by atoms with Crippen molar-refractivity contribution in [2.75, 3.05) is 11.9 Å². The Bertz CT molecular complexity index is 384. The lowest BCUT2D eigenvalue weighted by molar-refractivity contribution is -0.137. The van der Waals surface area contributed by atoms with Crippen molar-refractivity contribution >= 4 is 17.4 Å². The second-order valence-corrected chi connectivity index (χ2v) is 3.89. The van der Waals surface area contributed by atoms with Gasteiger partial charge in [0.25, 0.3) is 0 Å². The topological polar surface area (TPSA) is 45.1 Å². The van der Waals surface area contributed by atoms with Gasteiger partial charge in [0.05, 0.1) is 11.7 Å². The van der Waals surface area contributed by atoms with E-state index in [0.29, 0.717) is 6.42 Å². The summed E-state index contributed by atoms with van der Waals surface area (Å²) in [4.78, 5) is 3.70. The summed E-state index contributed by atoms with van der Waals surface area (Å²) in [5, 5.41) is 11.6. The zero-order valence-electron chi connectivity index (χ0n) is 9.05. The van der Waals surface area contributed by atoms with Gasteiger partial charge in [-0.25, -0.2) is 4.98 Å². The highest BCUT2D eigenvalue weighted by Crippen LogP contribution is 2.31. The average Bonchev–Trinajstić information content (AvgIpc) is 2.24. The molecule has 1 heterocycles. The highest BCUT2D eigenvalue weighted by molar-refractivity contribution is 6.29. The van der Waals surface area contributed by atoms with Gasteiger partial charge in [-0.05, 0) is 18.6 Å². The molecule has 0 aromatic carbocycles. The summed E-state index contributed by atoms with van der Waals surface area (Å²) < 4.78 is 37.3. The van der Waals surface area contributed by atoms with Crippen LogP contribution < -0.4 is 5.32 Å². The van der Waals surface area contributed by atoms with E-state index in [1.165, 1.54) is 0 Å². The summed E-state index contributed by atoms with van der Waals surface area (Å²) in [6.45, 7) is 1.89. The first-order valence-corrected chi connectivity index (χ1v) is 5.37. The smallest absolute Gasteiger partial charge is 0.391 e. The molecule has 0 aliphatic carbocycles. The van der Waals surface area contributed by atoms with E-state index in [4.69, 9.17) is 11.6 Å². The number of anilines is 1. The third kappa shape index (κ3) is 4.40. The summed E-state index contributed by atoms with van der Waals surface area (Å²) in [6.07, 6.45) is -4.60. The van der Waals surface area contributed by atoms with E-state index in [1.807, 2.05) is 0 Å². The predicted molar refractivity (Wildman–Crippen MR) is 59.0 cm³/mol. The molecule has 1 unspecified atom stereocenters. The van der Waals surface area contributed by atoms with Crippen molar-refractivity contribution in [2.24, 2.45) is 0 Å². The van der Waals surface area contributed by atoms with Crippen molar-refractivity contribution in [1.82, 2.24) is 4.98 Å². The number of aromatic nitrogens is 1. The Kier molecular flexibility index (Phi) is 4.59. The van der Waals surface area contributed by atoms with E-state index in [2.05, 4.69) is 10.3 Å². The second kappa shape index (κ2) is 5.55. The van der Waals surface area contributed by atoms with E-state index in [-0.39, 0.29) is 17.5 Å². The largest absolute Gasteiger partial charge is 0.416 e. The third-order valence-corrected chi connectivity index (χ3v) is 2.31. The van der Waals surface area contributed by atoms with Crippen molar-refractivity contribution in [1.29, 1.82) is 0 Å². The number of aliphatic hydroxyl groups is 1. The number of pyridine rings is 1. The van der Waals surface area contributed by atoms with E-state index in [9.17, 15) is 18.3 Å². The van der Waals surface area contributed by atoms with Crippen molar-refractivity contribution in [2.45, 2.75) is 25.6 Å². The zero-order chi connectivity index (χ0) is 13.1. The maximum atomic E-state index is 12.4. The molecule has 0 bridgehead atoms. The van der Waals surface area contributed by atoms with Crippen LogP contribution in [0.3, 0.4) is 0 Å². The lowest BCUT2D eigenvalue weighted by Gasteiger charge is -2.12. The molecule has 7 heteroatoms. The Hall–Kier alpha value is -1.01. The van der Waals surface area contributed by atoms with Crippen LogP contribution in [0.1, 0.15) is 18.9 Å². The monoisotopic (exact) mass is 268 g/mol. The fourth-order valence-corrected chi connectivity index (χ4v) is 1.33. The van der Waals surface area contributed by atoms with Crippen molar-refractivity contribution < 1.29 is 18.3 Å². The van der Waals surface area contributed by atoms with Gasteiger partial charge in [0, 0.05) is 6.54 Å². The number of hydrogen-bond acceptors (Lipinski definition) is 3. The molecule has 3 nitrogen and oxygen atoms in total. The maximum Gasteiger partial charge on any atom is 0.416 e. The van der Waals surface area contributed by atoms with Crippen LogP contribution in [0.4, 0.5) is 19.0 Å². The lowest BCUT2D eigenvalue weighted by Crippen LogP contribution is -2.19. The molecule has 1 aromatic rings. The van der Waals surface area contributed by atoms with Crippen molar-refractivity contribution in [3.05, 3.63) is 22.8 Å². The molecule has 1 atom stereocenters. The standard InChI is InChI=1S/C10H12ClF3N2O/c1-2-7(17)5-15-9-4-6(10(12,13)14)3-8(11)16-9/h3-4,7,17H,2,5H2,1H3,(H,15,16). The van der Waals surface area contributed by atoms with Crippen molar-refractivity contribution in [3.63, 3.8) is 0 Å². The number of halogens is 4. The Balaban J connectivity index is 2.83. The highest BCUT2D eigenvalue weighted by atomic mass is 35.5. The number of aliphatic hydroxyl groups excluding tert-OH is 1. The summed E-state index contributed by atoms with van der Waals surface area (Å²) in [7, 11) is 0. The molecule has 96 valence electrons. The van der Waals surface area contributed by atoms with Gasteiger partial charge >= 0.3 is 6.18 Å². The Morgan fingerprint density at radius 3 is 2.65 bits per heavy atom. The molecule has 0 spiro atoms. The van der Waals surface area contributed by atoms with Crippen LogP contribution in [0.5, 0.6) is 0 Å². The van der Waals surface area contributed by atoms with Crippen molar-refractivity contribution in [3.8, 4) is 0 Å². The molecule has 0 radical (unpaired) electrons. The first-order chi connectivity index (χ1) is 7.82. The normalized spacial score (nSPS) is 13.5. The third-order valence-electron chi connectivity index (χ3n) is 2.11. The predicted octanol–water partition coefficient (Wildman–Crippen LogP) is 2.94. The second-order valence-electron chi connectivity index (χ2n) is 3.50. The van der Waals surface area contributed by atoms with E-state index in [0.717, 1.165) is 12.1 Å². The van der Waals surface area contributed by atoms with Gasteiger partial charge in [-0.2, -0.15) is 13.2 Å². The minimum atomic E-state index is -4.47. The molecule has 0 aliphatic heterocycles. The first-order valence-electron chi connectivity index (χ1n) is 4.99. The van der Waals surface area contributed by atoms with Crippen LogP contribution in [0, 0.1) is 0 Å². The molecule has 17 heavy (non-hydrogen) atoms. The molecule has 0 amide bonds. The highest BCUT2D eigenvalue weighted by Gasteiger charge is 2.31. The van der Waals surface area contributed by atoms with Gasteiger partial charge < -0.3 is 10.4 Å². The fourth-order valence-electron chi connectivity index (χ4n) is 1.12. The molecular formula is C10H12ClF3N2O. The molecular weight excluding hydrogens is 257 g/mol. The van der Waals surface area contributed by atoms with Crippen LogP contribution in [-0.2, 0) is 6.18 Å². The summed E-state index contributed by atoms with van der Waals surface area (Å²) in [5.74, 6) is -0.00248. The minimum absolute atomic E-state index is 0.00248. The van der Waals surface area contributed by atoms with Gasteiger partial charge in [-0.3, -0.25) is 0 Å². The average molecular weight is 269 g/mol. The number of hydrogen-bond donors (Lipinski definition) is 2. The van der Waals surface area contributed by atoms with Gasteiger partial charge in [-0.1, -0.05) is 18.5 Å². The molecule has 0 fully saturated rings. The van der Waals surface area contributed by atoms with E-state index < -0.39 is 17.8 Å². The Morgan fingerprint density at radius 1 is 1.47 bits per heavy atom. The lowest BCUT2D eigenvalue weighted by atomic mass is 10.2. The quantitative estimate of drug-likeness (QED) is 0.826. The fraction of sp³-hybridized carbons (Fsp3) is 0.500. The zero-order valence-corrected chi connectivity index (χ0v) is 9.81.